The van der Waals surface area contributed by atoms with Gasteiger partial charge in [-0.15, -0.1) is 0 Å². The minimum atomic E-state index is -0.732. The third-order valence-electron chi connectivity index (χ3n) is 7.79. The van der Waals surface area contributed by atoms with E-state index < -0.39 is 11.8 Å². The molecule has 1 amide bonds. The van der Waals surface area contributed by atoms with Gasteiger partial charge in [-0.3, -0.25) is 14.3 Å². The Morgan fingerprint density at radius 1 is 0.972 bits per heavy atom. The van der Waals surface area contributed by atoms with Crippen LogP contribution in [0.5, 0.6) is 0 Å². The number of fused-ring (bicyclic) bond motifs is 1. The van der Waals surface area contributed by atoms with E-state index in [1.165, 1.54) is 18.3 Å². The van der Waals surface area contributed by atoms with E-state index in [4.69, 9.17) is 5.11 Å². The molecule has 0 saturated heterocycles. The summed E-state index contributed by atoms with van der Waals surface area (Å²) in [6.45, 7) is 0.408. The van der Waals surface area contributed by atoms with Gasteiger partial charge in [0.2, 0.25) is 0 Å². The fourth-order valence-corrected chi connectivity index (χ4v) is 5.92. The molecule has 2 saturated carbocycles. The Kier molecular flexibility index (Phi) is 5.36. The molecular weight excluding hydrogens is 457 g/mol. The first-order valence-corrected chi connectivity index (χ1v) is 12.2. The monoisotopic (exact) mass is 483 g/mol. The molecular formula is C29H26FN3O3. The Bertz CT molecular complexity index is 1450. The largest absolute Gasteiger partial charge is 0.481 e. The molecule has 1 heterocycles. The molecule has 0 unspecified atom stereocenters. The van der Waals surface area contributed by atoms with Gasteiger partial charge in [0, 0.05) is 6.04 Å². The molecule has 36 heavy (non-hydrogen) atoms. The van der Waals surface area contributed by atoms with Gasteiger partial charge in [0.25, 0.3) is 5.91 Å². The second-order valence-electron chi connectivity index (χ2n) is 10.2. The summed E-state index contributed by atoms with van der Waals surface area (Å²) < 4.78 is 16.3. The molecule has 1 aromatic heterocycles. The number of carbonyl (C=O) groups is 2. The highest BCUT2D eigenvalue weighted by molar-refractivity contribution is 6.06. The van der Waals surface area contributed by atoms with Crippen molar-refractivity contribution in [2.45, 2.75) is 38.3 Å². The Hall–Kier alpha value is -4.00. The first kappa shape index (κ1) is 22.5. The summed E-state index contributed by atoms with van der Waals surface area (Å²) in [5, 5.41) is 16.9. The molecule has 2 aliphatic rings. The van der Waals surface area contributed by atoms with Gasteiger partial charge in [0.1, 0.15) is 5.82 Å². The quantitative estimate of drug-likeness (QED) is 0.392. The van der Waals surface area contributed by atoms with Gasteiger partial charge in [-0.05, 0) is 59.9 Å². The number of amides is 1. The second kappa shape index (κ2) is 8.59. The van der Waals surface area contributed by atoms with Crippen molar-refractivity contribution in [3.8, 4) is 11.1 Å². The zero-order chi connectivity index (χ0) is 24.9. The van der Waals surface area contributed by atoms with Gasteiger partial charge < -0.3 is 10.4 Å². The smallest absolute Gasteiger partial charge is 0.306 e. The molecule has 2 fully saturated rings. The average Bonchev–Trinajstić information content (AvgIpc) is 3.25. The molecule has 6 rings (SSSR count). The minimum Gasteiger partial charge on any atom is -0.481 e. The first-order chi connectivity index (χ1) is 17.4. The molecule has 0 radical (unpaired) electrons. The topological polar surface area (TPSA) is 84.2 Å². The van der Waals surface area contributed by atoms with Crippen molar-refractivity contribution < 1.29 is 19.1 Å². The molecule has 0 bridgehead atoms. The summed E-state index contributed by atoms with van der Waals surface area (Å²) in [6.07, 6.45) is 4.43. The number of nitrogens with zero attached hydrogens (tertiary/aromatic N) is 2. The van der Waals surface area contributed by atoms with Crippen molar-refractivity contribution in [1.29, 1.82) is 0 Å². The van der Waals surface area contributed by atoms with Crippen LogP contribution in [0.1, 0.15) is 41.6 Å². The van der Waals surface area contributed by atoms with Crippen LogP contribution >= 0.6 is 0 Å². The van der Waals surface area contributed by atoms with Gasteiger partial charge >= 0.3 is 5.97 Å². The lowest BCUT2D eigenvalue weighted by Gasteiger charge is -2.56. The number of carboxylic acids is 1. The molecule has 7 heteroatoms. The maximum Gasteiger partial charge on any atom is 0.306 e. The van der Waals surface area contributed by atoms with Crippen LogP contribution in [0.4, 0.5) is 4.39 Å². The predicted molar refractivity (Wildman–Crippen MR) is 134 cm³/mol. The van der Waals surface area contributed by atoms with Crippen LogP contribution in [0.15, 0.2) is 72.9 Å². The van der Waals surface area contributed by atoms with E-state index >= 15 is 0 Å². The van der Waals surface area contributed by atoms with Gasteiger partial charge in [-0.1, -0.05) is 54.6 Å². The van der Waals surface area contributed by atoms with Crippen molar-refractivity contribution >= 4 is 22.8 Å². The molecule has 3 aromatic carbocycles. The Balaban J connectivity index is 1.19. The van der Waals surface area contributed by atoms with E-state index in [1.807, 2.05) is 42.5 Å². The predicted octanol–water partition coefficient (Wildman–Crippen LogP) is 5.26. The van der Waals surface area contributed by atoms with E-state index in [0.29, 0.717) is 35.9 Å². The van der Waals surface area contributed by atoms with Crippen molar-refractivity contribution in [3.63, 3.8) is 0 Å². The van der Waals surface area contributed by atoms with Crippen LogP contribution in [0.2, 0.25) is 0 Å². The number of benzene rings is 3. The highest BCUT2D eigenvalue weighted by atomic mass is 19.1. The number of carboxylic acid groups (broad SMARTS) is 1. The zero-order valence-corrected chi connectivity index (χ0v) is 19.7. The van der Waals surface area contributed by atoms with Gasteiger partial charge in [-0.25, -0.2) is 4.39 Å². The summed E-state index contributed by atoms with van der Waals surface area (Å²) in [7, 11) is 0. The van der Waals surface area contributed by atoms with E-state index in [2.05, 4.69) is 22.5 Å². The molecule has 2 N–H and O–H groups in total. The number of hydrogen-bond acceptors (Lipinski definition) is 3. The van der Waals surface area contributed by atoms with E-state index in [0.717, 1.165) is 29.5 Å². The highest BCUT2D eigenvalue weighted by Gasteiger charge is 2.55. The number of rotatable bonds is 6. The molecule has 1 spiro atoms. The van der Waals surface area contributed by atoms with Crippen molar-refractivity contribution in [2.75, 3.05) is 0 Å². The molecule has 0 aliphatic heterocycles. The third kappa shape index (κ3) is 3.94. The molecule has 6 nitrogen and oxygen atoms in total. The van der Waals surface area contributed by atoms with Gasteiger partial charge in [0.15, 0.2) is 0 Å². The summed E-state index contributed by atoms with van der Waals surface area (Å²) >= 11 is 0. The number of aromatic nitrogens is 2. The van der Waals surface area contributed by atoms with Crippen molar-refractivity contribution in [2.24, 2.45) is 11.3 Å². The number of carbonyl (C=O) groups excluding carboxylic acids is 1. The maximum atomic E-state index is 14.6. The standard InChI is InChI=1S/C29H26FN3O3/c30-25-11-10-23(27(34)32-22-14-29(15-22)12-21(13-29)28(35)36)26-24(25)16-31-33(26)17-18-6-8-20(9-7-18)19-4-2-1-3-5-19/h1-11,16,21-22H,12-15,17H2,(H,32,34)(H,35,36). The SMILES string of the molecule is O=C(NC1CC2(C1)CC(C(=O)O)C2)c1ccc(F)c2cnn(Cc3ccc(-c4ccccc4)cc3)c12. The van der Waals surface area contributed by atoms with E-state index in [9.17, 15) is 14.0 Å². The third-order valence-corrected chi connectivity index (χ3v) is 7.79. The lowest BCUT2D eigenvalue weighted by molar-refractivity contribution is -0.155. The van der Waals surface area contributed by atoms with Crippen molar-refractivity contribution in [3.05, 3.63) is 89.9 Å². The molecule has 2 aliphatic carbocycles. The van der Waals surface area contributed by atoms with Crippen LogP contribution in [0.3, 0.4) is 0 Å². The zero-order valence-electron chi connectivity index (χ0n) is 19.7. The lowest BCUT2D eigenvalue weighted by Crippen LogP contribution is -2.57. The van der Waals surface area contributed by atoms with E-state index in [1.54, 1.807) is 4.68 Å². The average molecular weight is 484 g/mol. The van der Waals surface area contributed by atoms with Gasteiger partial charge in [0.05, 0.1) is 35.1 Å². The minimum absolute atomic E-state index is 0.00857. The van der Waals surface area contributed by atoms with Crippen molar-refractivity contribution in [1.82, 2.24) is 15.1 Å². The summed E-state index contributed by atoms with van der Waals surface area (Å²) in [5.41, 5.74) is 4.16. The number of aliphatic carboxylic acids is 1. The normalized spacial score (nSPS) is 22.7. The lowest BCUT2D eigenvalue weighted by atomic mass is 9.50. The molecule has 0 atom stereocenters. The highest BCUT2D eigenvalue weighted by Crippen LogP contribution is 2.58. The Labute approximate surface area is 207 Å². The molecule has 4 aromatic rings. The second-order valence-corrected chi connectivity index (χ2v) is 10.2. The Morgan fingerprint density at radius 3 is 2.36 bits per heavy atom. The fraction of sp³-hybridized carbons (Fsp3) is 0.276. The van der Waals surface area contributed by atoms with E-state index in [-0.39, 0.29) is 23.3 Å². The van der Waals surface area contributed by atoms with Crippen LogP contribution in [-0.4, -0.2) is 32.8 Å². The maximum absolute atomic E-state index is 14.6. The number of nitrogens with one attached hydrogen (secondary N) is 1. The van der Waals surface area contributed by atoms with Crippen LogP contribution in [-0.2, 0) is 11.3 Å². The fourth-order valence-electron chi connectivity index (χ4n) is 5.92. The summed E-state index contributed by atoms with van der Waals surface area (Å²) in [5.74, 6) is -1.65. The Morgan fingerprint density at radius 2 is 1.67 bits per heavy atom. The first-order valence-electron chi connectivity index (χ1n) is 12.2. The summed E-state index contributed by atoms with van der Waals surface area (Å²) in [6, 6.07) is 21.1. The van der Waals surface area contributed by atoms with Crippen LogP contribution in [0.25, 0.3) is 22.0 Å². The number of halogens is 1. The van der Waals surface area contributed by atoms with Crippen LogP contribution in [0, 0.1) is 17.2 Å². The summed E-state index contributed by atoms with van der Waals surface area (Å²) in [4.78, 5) is 24.3. The molecule has 182 valence electrons. The van der Waals surface area contributed by atoms with Gasteiger partial charge in [-0.2, -0.15) is 5.10 Å². The van der Waals surface area contributed by atoms with Crippen LogP contribution < -0.4 is 5.32 Å². The number of hydrogen-bond donors (Lipinski definition) is 2.